The molecule has 0 aromatic carbocycles. The minimum atomic E-state index is 0.308. The number of hydrogen-bond acceptors (Lipinski definition) is 1. The lowest BCUT2D eigenvalue weighted by Crippen LogP contribution is -1.96. The number of unbranched alkanes of at least 4 members (excludes halogenated alkanes) is 5. The standard InChI is InChI=1S/C14H25N/c1-3-5-6-7-8-9-10-12-14(13-15)11-4-2/h3,14H,1,4-12H2,2H3. The Labute approximate surface area is 95.2 Å². The van der Waals surface area contributed by atoms with Crippen LogP contribution in [0, 0.1) is 17.2 Å². The second-order valence-electron chi connectivity index (χ2n) is 4.25. The Hall–Kier alpha value is -0.770. The molecule has 1 unspecified atom stereocenters. The Morgan fingerprint density at radius 1 is 1.13 bits per heavy atom. The topological polar surface area (TPSA) is 23.8 Å². The summed E-state index contributed by atoms with van der Waals surface area (Å²) in [5.74, 6) is 0.308. The number of nitriles is 1. The van der Waals surface area contributed by atoms with Crippen LogP contribution in [0.4, 0.5) is 0 Å². The lowest BCUT2D eigenvalue weighted by molar-refractivity contribution is 0.498. The average Bonchev–Trinajstić information content (AvgIpc) is 2.26. The predicted molar refractivity (Wildman–Crippen MR) is 66.5 cm³/mol. The van der Waals surface area contributed by atoms with E-state index in [1.54, 1.807) is 0 Å². The summed E-state index contributed by atoms with van der Waals surface area (Å²) in [6.45, 7) is 5.87. The zero-order valence-corrected chi connectivity index (χ0v) is 10.2. The van der Waals surface area contributed by atoms with Crippen LogP contribution in [0.5, 0.6) is 0 Å². The van der Waals surface area contributed by atoms with Gasteiger partial charge < -0.3 is 0 Å². The van der Waals surface area contributed by atoms with Gasteiger partial charge in [0.05, 0.1) is 6.07 Å². The maximum absolute atomic E-state index is 8.87. The number of allylic oxidation sites excluding steroid dienone is 1. The quantitative estimate of drug-likeness (QED) is 0.371. The van der Waals surface area contributed by atoms with E-state index in [1.807, 2.05) is 6.08 Å². The second kappa shape index (κ2) is 11.3. The van der Waals surface area contributed by atoms with E-state index in [0.717, 1.165) is 25.7 Å². The largest absolute Gasteiger partial charge is 0.198 e. The van der Waals surface area contributed by atoms with Crippen molar-refractivity contribution in [3.8, 4) is 6.07 Å². The van der Waals surface area contributed by atoms with Crippen molar-refractivity contribution in [2.24, 2.45) is 5.92 Å². The van der Waals surface area contributed by atoms with Crippen LogP contribution in [0.25, 0.3) is 0 Å². The van der Waals surface area contributed by atoms with Gasteiger partial charge in [0, 0.05) is 5.92 Å². The lowest BCUT2D eigenvalue weighted by Gasteiger charge is -2.06. The van der Waals surface area contributed by atoms with Crippen LogP contribution in [0.15, 0.2) is 12.7 Å². The van der Waals surface area contributed by atoms with Crippen LogP contribution in [-0.2, 0) is 0 Å². The first-order valence-electron chi connectivity index (χ1n) is 6.35. The summed E-state index contributed by atoms with van der Waals surface area (Å²) in [6, 6.07) is 2.40. The lowest BCUT2D eigenvalue weighted by atomic mass is 9.97. The van der Waals surface area contributed by atoms with Gasteiger partial charge in [-0.2, -0.15) is 5.26 Å². The molecular formula is C14H25N. The fraction of sp³-hybridized carbons (Fsp3) is 0.786. The van der Waals surface area contributed by atoms with Gasteiger partial charge in [-0.05, 0) is 25.7 Å². The first-order chi connectivity index (χ1) is 7.35. The van der Waals surface area contributed by atoms with Crippen LogP contribution in [0.3, 0.4) is 0 Å². The highest BCUT2D eigenvalue weighted by Crippen LogP contribution is 2.15. The molecule has 0 bridgehead atoms. The molecule has 0 spiro atoms. The van der Waals surface area contributed by atoms with Gasteiger partial charge >= 0.3 is 0 Å². The summed E-state index contributed by atoms with van der Waals surface area (Å²) in [5.41, 5.74) is 0. The maximum Gasteiger partial charge on any atom is 0.0655 e. The van der Waals surface area contributed by atoms with Crippen molar-refractivity contribution in [1.29, 1.82) is 5.26 Å². The molecular weight excluding hydrogens is 182 g/mol. The summed E-state index contributed by atoms with van der Waals surface area (Å²) in [7, 11) is 0. The molecule has 0 heterocycles. The van der Waals surface area contributed by atoms with E-state index in [2.05, 4.69) is 19.6 Å². The first-order valence-corrected chi connectivity index (χ1v) is 6.35. The number of hydrogen-bond donors (Lipinski definition) is 0. The smallest absolute Gasteiger partial charge is 0.0655 e. The molecule has 0 aliphatic carbocycles. The Morgan fingerprint density at radius 3 is 2.40 bits per heavy atom. The molecule has 0 N–H and O–H groups in total. The van der Waals surface area contributed by atoms with E-state index in [0.29, 0.717) is 5.92 Å². The van der Waals surface area contributed by atoms with E-state index in [1.165, 1.54) is 32.1 Å². The Kier molecular flexibility index (Phi) is 10.7. The molecule has 1 atom stereocenters. The molecule has 86 valence electrons. The normalized spacial score (nSPS) is 12.0. The Bertz CT molecular complexity index is 178. The highest BCUT2D eigenvalue weighted by molar-refractivity contribution is 4.81. The molecule has 0 aromatic heterocycles. The highest BCUT2D eigenvalue weighted by atomic mass is 14.3. The van der Waals surface area contributed by atoms with Crippen molar-refractivity contribution in [1.82, 2.24) is 0 Å². The minimum Gasteiger partial charge on any atom is -0.198 e. The van der Waals surface area contributed by atoms with Gasteiger partial charge in [0.1, 0.15) is 0 Å². The van der Waals surface area contributed by atoms with E-state index in [-0.39, 0.29) is 0 Å². The van der Waals surface area contributed by atoms with Crippen LogP contribution in [0.1, 0.15) is 64.7 Å². The minimum absolute atomic E-state index is 0.308. The SMILES string of the molecule is C=CCCCCCCCC(C#N)CCC. The van der Waals surface area contributed by atoms with Crippen LogP contribution < -0.4 is 0 Å². The Morgan fingerprint density at radius 2 is 1.80 bits per heavy atom. The van der Waals surface area contributed by atoms with Crippen molar-refractivity contribution in [2.75, 3.05) is 0 Å². The summed E-state index contributed by atoms with van der Waals surface area (Å²) >= 11 is 0. The van der Waals surface area contributed by atoms with Gasteiger partial charge in [-0.25, -0.2) is 0 Å². The summed E-state index contributed by atoms with van der Waals surface area (Å²) in [6.07, 6.45) is 12.9. The fourth-order valence-corrected chi connectivity index (χ4v) is 1.83. The van der Waals surface area contributed by atoms with Crippen molar-refractivity contribution >= 4 is 0 Å². The zero-order chi connectivity index (χ0) is 11.4. The van der Waals surface area contributed by atoms with Gasteiger partial charge in [-0.3, -0.25) is 0 Å². The zero-order valence-electron chi connectivity index (χ0n) is 10.2. The molecule has 1 nitrogen and oxygen atoms in total. The summed E-state index contributed by atoms with van der Waals surface area (Å²) < 4.78 is 0. The molecule has 0 radical (unpaired) electrons. The first kappa shape index (κ1) is 14.2. The van der Waals surface area contributed by atoms with Crippen molar-refractivity contribution < 1.29 is 0 Å². The van der Waals surface area contributed by atoms with Crippen LogP contribution in [-0.4, -0.2) is 0 Å². The average molecular weight is 207 g/mol. The Balaban J connectivity index is 3.22. The number of nitrogens with zero attached hydrogens (tertiary/aromatic N) is 1. The van der Waals surface area contributed by atoms with Crippen LogP contribution in [0.2, 0.25) is 0 Å². The molecule has 1 heteroatoms. The molecule has 0 aliphatic heterocycles. The third kappa shape index (κ3) is 9.53. The third-order valence-corrected chi connectivity index (χ3v) is 2.78. The van der Waals surface area contributed by atoms with E-state index in [9.17, 15) is 0 Å². The highest BCUT2D eigenvalue weighted by Gasteiger charge is 2.04. The van der Waals surface area contributed by atoms with Crippen LogP contribution >= 0.6 is 0 Å². The summed E-state index contributed by atoms with van der Waals surface area (Å²) in [5, 5.41) is 8.87. The molecule has 15 heavy (non-hydrogen) atoms. The molecule has 0 aliphatic rings. The van der Waals surface area contributed by atoms with Gasteiger partial charge in [0.15, 0.2) is 0 Å². The fourth-order valence-electron chi connectivity index (χ4n) is 1.83. The van der Waals surface area contributed by atoms with E-state index < -0.39 is 0 Å². The van der Waals surface area contributed by atoms with Crippen molar-refractivity contribution in [3.05, 3.63) is 12.7 Å². The predicted octanol–water partition coefficient (Wildman–Crippen LogP) is 4.84. The molecule has 0 saturated heterocycles. The molecule has 0 rings (SSSR count). The maximum atomic E-state index is 8.87. The molecule has 0 saturated carbocycles. The van der Waals surface area contributed by atoms with Gasteiger partial charge in [-0.1, -0.05) is 45.1 Å². The monoisotopic (exact) mass is 207 g/mol. The van der Waals surface area contributed by atoms with Crippen molar-refractivity contribution in [3.63, 3.8) is 0 Å². The number of rotatable bonds is 10. The second-order valence-corrected chi connectivity index (χ2v) is 4.25. The van der Waals surface area contributed by atoms with E-state index in [4.69, 9.17) is 5.26 Å². The molecule has 0 amide bonds. The van der Waals surface area contributed by atoms with Gasteiger partial charge in [0.2, 0.25) is 0 Å². The molecule has 0 fully saturated rings. The third-order valence-electron chi connectivity index (χ3n) is 2.78. The van der Waals surface area contributed by atoms with Gasteiger partial charge in [-0.15, -0.1) is 6.58 Å². The van der Waals surface area contributed by atoms with E-state index >= 15 is 0 Å². The van der Waals surface area contributed by atoms with Crippen molar-refractivity contribution in [2.45, 2.75) is 64.7 Å². The van der Waals surface area contributed by atoms with Gasteiger partial charge in [0.25, 0.3) is 0 Å². The molecule has 0 aromatic rings. The summed E-state index contributed by atoms with van der Waals surface area (Å²) in [4.78, 5) is 0.